The molecule has 0 radical (unpaired) electrons. The molecule has 0 fully saturated rings. The number of rotatable bonds is 5. The summed E-state index contributed by atoms with van der Waals surface area (Å²) in [5.74, 6) is 0.623. The maximum absolute atomic E-state index is 5.90. The number of oxazole rings is 1. The van der Waals surface area contributed by atoms with Crippen LogP contribution in [-0.2, 0) is 0 Å². The lowest BCUT2D eigenvalue weighted by atomic mass is 10.1. The Morgan fingerprint density at radius 2 is 2.17 bits per heavy atom. The summed E-state index contributed by atoms with van der Waals surface area (Å²) in [5.41, 5.74) is 8.08. The number of benzene rings is 1. The van der Waals surface area contributed by atoms with Crippen LogP contribution in [0.15, 0.2) is 22.6 Å². The molecular weight excluding hydrogens is 226 g/mol. The topological polar surface area (TPSA) is 55.3 Å². The molecule has 98 valence electrons. The van der Waals surface area contributed by atoms with E-state index in [0.29, 0.717) is 17.6 Å². The van der Waals surface area contributed by atoms with Gasteiger partial charge in [0.15, 0.2) is 5.58 Å². The molecule has 0 saturated carbocycles. The van der Waals surface area contributed by atoms with Gasteiger partial charge in [-0.05, 0) is 25.0 Å². The van der Waals surface area contributed by atoms with Crippen molar-refractivity contribution in [1.82, 2.24) is 4.98 Å². The molecule has 2 N–H and O–H groups in total. The van der Waals surface area contributed by atoms with Crippen molar-refractivity contribution in [3.05, 3.63) is 18.2 Å². The molecule has 18 heavy (non-hydrogen) atoms. The lowest BCUT2D eigenvalue weighted by Gasteiger charge is -2.21. The van der Waals surface area contributed by atoms with E-state index in [9.17, 15) is 0 Å². The number of hydrogen-bond donors (Lipinski definition) is 1. The molecule has 0 saturated heterocycles. The van der Waals surface area contributed by atoms with Gasteiger partial charge in [-0.3, -0.25) is 0 Å². The van der Waals surface area contributed by atoms with E-state index in [4.69, 9.17) is 10.2 Å². The summed E-state index contributed by atoms with van der Waals surface area (Å²) in [5, 5.41) is 0. The second kappa shape index (κ2) is 5.29. The van der Waals surface area contributed by atoms with Crippen LogP contribution in [0.4, 0.5) is 11.7 Å². The largest absolute Gasteiger partial charge is 0.423 e. The Kier molecular flexibility index (Phi) is 3.75. The zero-order valence-electron chi connectivity index (χ0n) is 11.3. The smallest absolute Gasteiger partial charge is 0.298 e. The number of anilines is 2. The molecule has 0 spiro atoms. The first-order valence-corrected chi connectivity index (χ1v) is 6.55. The maximum atomic E-state index is 5.90. The van der Waals surface area contributed by atoms with Crippen molar-refractivity contribution < 1.29 is 4.42 Å². The third-order valence-electron chi connectivity index (χ3n) is 3.32. The Morgan fingerprint density at radius 1 is 1.39 bits per heavy atom. The Labute approximate surface area is 108 Å². The minimum Gasteiger partial charge on any atom is -0.423 e. The lowest BCUT2D eigenvalue weighted by Crippen LogP contribution is -2.28. The minimum atomic E-state index is 0.623. The monoisotopic (exact) mass is 247 g/mol. The minimum absolute atomic E-state index is 0.623. The number of nitrogens with zero attached hydrogens (tertiary/aromatic N) is 2. The Morgan fingerprint density at radius 3 is 2.78 bits per heavy atom. The molecule has 1 atom stereocenters. The molecule has 4 heteroatoms. The van der Waals surface area contributed by atoms with Crippen LogP contribution in [0, 0.1) is 5.92 Å². The number of nitrogen functional groups attached to an aromatic ring is 1. The van der Waals surface area contributed by atoms with Gasteiger partial charge >= 0.3 is 0 Å². The SMILES string of the molecule is CCC(C)CN(CC)c1nc2c(N)cccc2o1. The summed E-state index contributed by atoms with van der Waals surface area (Å²) in [7, 11) is 0. The summed E-state index contributed by atoms with van der Waals surface area (Å²) in [6.45, 7) is 8.39. The lowest BCUT2D eigenvalue weighted by molar-refractivity contribution is 0.504. The van der Waals surface area contributed by atoms with Crippen molar-refractivity contribution in [2.45, 2.75) is 27.2 Å². The molecule has 1 aromatic carbocycles. The highest BCUT2D eigenvalue weighted by Crippen LogP contribution is 2.26. The van der Waals surface area contributed by atoms with Gasteiger partial charge in [0, 0.05) is 13.1 Å². The third-order valence-corrected chi connectivity index (χ3v) is 3.32. The molecule has 0 amide bonds. The van der Waals surface area contributed by atoms with Crippen molar-refractivity contribution in [3.8, 4) is 0 Å². The zero-order valence-corrected chi connectivity index (χ0v) is 11.3. The summed E-state index contributed by atoms with van der Waals surface area (Å²) < 4.78 is 5.78. The van der Waals surface area contributed by atoms with Gasteiger partial charge < -0.3 is 15.1 Å². The first-order valence-electron chi connectivity index (χ1n) is 6.55. The first-order chi connectivity index (χ1) is 8.65. The van der Waals surface area contributed by atoms with Gasteiger partial charge in [0.05, 0.1) is 5.69 Å². The van der Waals surface area contributed by atoms with Gasteiger partial charge in [0.2, 0.25) is 0 Å². The molecular formula is C14H21N3O. The molecule has 4 nitrogen and oxygen atoms in total. The predicted octanol–water partition coefficient (Wildman–Crippen LogP) is 3.28. The van der Waals surface area contributed by atoms with Crippen LogP contribution in [0.1, 0.15) is 27.2 Å². The summed E-state index contributed by atoms with van der Waals surface area (Å²) in [6, 6.07) is 6.31. The number of para-hydroxylation sites is 1. The van der Waals surface area contributed by atoms with Crippen LogP contribution in [-0.4, -0.2) is 18.1 Å². The van der Waals surface area contributed by atoms with Gasteiger partial charge in [-0.25, -0.2) is 0 Å². The number of nitrogens with two attached hydrogens (primary N) is 1. The molecule has 0 aliphatic rings. The highest BCUT2D eigenvalue weighted by molar-refractivity contribution is 5.86. The Hall–Kier alpha value is -1.71. The van der Waals surface area contributed by atoms with Gasteiger partial charge in [-0.2, -0.15) is 4.98 Å². The summed E-state index contributed by atoms with van der Waals surface area (Å²) in [4.78, 5) is 6.67. The van der Waals surface area contributed by atoms with E-state index in [1.54, 1.807) is 0 Å². The van der Waals surface area contributed by atoms with Gasteiger partial charge in [-0.1, -0.05) is 26.3 Å². The fraction of sp³-hybridized carbons (Fsp3) is 0.500. The Balaban J connectivity index is 2.31. The highest BCUT2D eigenvalue weighted by Gasteiger charge is 2.15. The average Bonchev–Trinajstić information content (AvgIpc) is 2.80. The number of fused-ring (bicyclic) bond motifs is 1. The van der Waals surface area contributed by atoms with Crippen LogP contribution in [0.3, 0.4) is 0 Å². The second-order valence-corrected chi connectivity index (χ2v) is 4.74. The molecule has 1 heterocycles. The van der Waals surface area contributed by atoms with E-state index in [0.717, 1.165) is 30.6 Å². The van der Waals surface area contributed by atoms with Crippen molar-refractivity contribution in [2.75, 3.05) is 23.7 Å². The molecule has 2 rings (SSSR count). The van der Waals surface area contributed by atoms with Crippen LogP contribution in [0.2, 0.25) is 0 Å². The van der Waals surface area contributed by atoms with E-state index in [1.807, 2.05) is 18.2 Å². The fourth-order valence-corrected chi connectivity index (χ4v) is 1.94. The number of hydrogen-bond acceptors (Lipinski definition) is 4. The molecule has 1 aromatic heterocycles. The third kappa shape index (κ3) is 2.42. The molecule has 1 unspecified atom stereocenters. The van der Waals surface area contributed by atoms with Crippen molar-refractivity contribution in [3.63, 3.8) is 0 Å². The van der Waals surface area contributed by atoms with Gasteiger partial charge in [0.25, 0.3) is 6.01 Å². The van der Waals surface area contributed by atoms with Crippen LogP contribution >= 0.6 is 0 Å². The molecule has 0 aliphatic carbocycles. The van der Waals surface area contributed by atoms with Crippen LogP contribution in [0.5, 0.6) is 0 Å². The fourth-order valence-electron chi connectivity index (χ4n) is 1.94. The molecule has 2 aromatic rings. The average molecular weight is 247 g/mol. The molecule has 0 aliphatic heterocycles. The van der Waals surface area contributed by atoms with E-state index >= 15 is 0 Å². The van der Waals surface area contributed by atoms with Crippen molar-refractivity contribution in [1.29, 1.82) is 0 Å². The maximum Gasteiger partial charge on any atom is 0.298 e. The normalized spacial score (nSPS) is 12.8. The van der Waals surface area contributed by atoms with Crippen LogP contribution in [0.25, 0.3) is 11.1 Å². The van der Waals surface area contributed by atoms with E-state index in [2.05, 4.69) is 30.7 Å². The predicted molar refractivity (Wildman–Crippen MR) is 75.8 cm³/mol. The van der Waals surface area contributed by atoms with Gasteiger partial charge in [-0.15, -0.1) is 0 Å². The van der Waals surface area contributed by atoms with Crippen molar-refractivity contribution >= 4 is 22.8 Å². The Bertz CT molecular complexity index is 521. The number of aromatic nitrogens is 1. The highest BCUT2D eigenvalue weighted by atomic mass is 16.4. The molecule has 0 bridgehead atoms. The van der Waals surface area contributed by atoms with Crippen molar-refractivity contribution in [2.24, 2.45) is 5.92 Å². The van der Waals surface area contributed by atoms with Crippen LogP contribution < -0.4 is 10.6 Å². The summed E-state index contributed by atoms with van der Waals surface area (Å²) in [6.07, 6.45) is 1.15. The quantitative estimate of drug-likeness (QED) is 0.824. The second-order valence-electron chi connectivity index (χ2n) is 4.74. The first kappa shape index (κ1) is 12.7. The van der Waals surface area contributed by atoms with E-state index in [-0.39, 0.29) is 0 Å². The zero-order chi connectivity index (χ0) is 13.1. The van der Waals surface area contributed by atoms with E-state index < -0.39 is 0 Å². The van der Waals surface area contributed by atoms with Gasteiger partial charge in [0.1, 0.15) is 5.52 Å². The summed E-state index contributed by atoms with van der Waals surface area (Å²) >= 11 is 0. The standard InChI is InChI=1S/C14H21N3O/c1-4-10(3)9-17(5-2)14-16-13-11(15)7-6-8-12(13)18-14/h6-8,10H,4-5,9,15H2,1-3H3. The van der Waals surface area contributed by atoms with E-state index in [1.165, 1.54) is 0 Å².